The molecule has 1 aromatic heterocycles. The topological polar surface area (TPSA) is 92.6 Å². The van der Waals surface area contributed by atoms with Gasteiger partial charge in [0.15, 0.2) is 5.69 Å². The third-order valence-corrected chi connectivity index (χ3v) is 6.39. The van der Waals surface area contributed by atoms with Gasteiger partial charge in [-0.3, -0.25) is 9.48 Å². The number of morpholine rings is 1. The molecule has 2 saturated heterocycles. The fourth-order valence-electron chi connectivity index (χ4n) is 4.30. The Morgan fingerprint density at radius 1 is 1.12 bits per heavy atom. The van der Waals surface area contributed by atoms with Crippen LogP contribution in [-0.2, 0) is 11.3 Å². The first-order valence-electron chi connectivity index (χ1n) is 11.4. The van der Waals surface area contributed by atoms with Gasteiger partial charge in [-0.05, 0) is 62.8 Å². The summed E-state index contributed by atoms with van der Waals surface area (Å²) in [5.74, 6) is -0.105. The summed E-state index contributed by atoms with van der Waals surface area (Å²) in [4.78, 5) is 29.2. The third kappa shape index (κ3) is 5.27. The van der Waals surface area contributed by atoms with Gasteiger partial charge in [0.05, 0.1) is 19.4 Å². The molecule has 0 bridgehead atoms. The molecule has 0 radical (unpaired) electrons. The van der Waals surface area contributed by atoms with Gasteiger partial charge in [0, 0.05) is 37.9 Å². The number of hydrogen-bond acceptors (Lipinski definition) is 5. The number of amides is 3. The first-order valence-corrected chi connectivity index (χ1v) is 11.4. The Morgan fingerprint density at radius 3 is 2.72 bits per heavy atom. The molecule has 4 rings (SSSR count). The van der Waals surface area contributed by atoms with Crippen molar-refractivity contribution in [1.29, 1.82) is 0 Å². The summed E-state index contributed by atoms with van der Waals surface area (Å²) in [7, 11) is 0. The highest BCUT2D eigenvalue weighted by atomic mass is 16.5. The van der Waals surface area contributed by atoms with Crippen molar-refractivity contribution in [3.05, 3.63) is 41.2 Å². The van der Waals surface area contributed by atoms with Gasteiger partial charge in [0.25, 0.3) is 5.91 Å². The monoisotopic (exact) mass is 440 g/mol. The number of carbonyl (C=O) groups excluding carboxylic acids is 2. The number of aryl methyl sites for hydroxylation is 3. The van der Waals surface area contributed by atoms with Gasteiger partial charge in [0.2, 0.25) is 0 Å². The number of nitrogens with one attached hydrogen (secondary N) is 1. The molecule has 3 heterocycles. The number of likely N-dealkylation sites (tertiary alicyclic amines) is 1. The van der Waals surface area contributed by atoms with Crippen molar-refractivity contribution in [1.82, 2.24) is 24.8 Å². The second-order valence-electron chi connectivity index (χ2n) is 8.63. The van der Waals surface area contributed by atoms with Crippen LogP contribution in [0.3, 0.4) is 0 Å². The summed E-state index contributed by atoms with van der Waals surface area (Å²) in [6.07, 6.45) is 5.57. The van der Waals surface area contributed by atoms with Crippen molar-refractivity contribution in [3.63, 3.8) is 0 Å². The minimum atomic E-state index is -0.105. The Morgan fingerprint density at radius 2 is 1.94 bits per heavy atom. The Labute approximate surface area is 188 Å². The molecule has 2 aliphatic rings. The molecule has 1 N–H and O–H groups in total. The minimum Gasteiger partial charge on any atom is -0.378 e. The SMILES string of the molecule is Cc1ccc(NC(=O)N2CCCCC2CCn2cc(C(=O)N3CCOCC3)nn2)cc1C. The molecule has 1 aromatic carbocycles. The number of carbonyl (C=O) groups is 2. The molecule has 0 spiro atoms. The zero-order chi connectivity index (χ0) is 22.5. The summed E-state index contributed by atoms with van der Waals surface area (Å²) >= 11 is 0. The molecule has 0 saturated carbocycles. The second kappa shape index (κ2) is 10.1. The Balaban J connectivity index is 1.34. The number of rotatable bonds is 5. The minimum absolute atomic E-state index is 0.0558. The van der Waals surface area contributed by atoms with Gasteiger partial charge >= 0.3 is 6.03 Å². The fourth-order valence-corrected chi connectivity index (χ4v) is 4.30. The summed E-state index contributed by atoms with van der Waals surface area (Å²) < 4.78 is 7.01. The van der Waals surface area contributed by atoms with Crippen LogP contribution in [0.15, 0.2) is 24.4 Å². The fraction of sp³-hybridized carbons (Fsp3) is 0.565. The molecule has 2 aliphatic heterocycles. The van der Waals surface area contributed by atoms with Crippen LogP contribution < -0.4 is 5.32 Å². The van der Waals surface area contributed by atoms with E-state index in [1.807, 2.05) is 30.0 Å². The number of aromatic nitrogens is 3. The lowest BCUT2D eigenvalue weighted by molar-refractivity contribution is 0.0299. The number of nitrogens with zero attached hydrogens (tertiary/aromatic N) is 5. The first-order chi connectivity index (χ1) is 15.5. The molecule has 9 nitrogen and oxygen atoms in total. The van der Waals surface area contributed by atoms with E-state index in [4.69, 9.17) is 4.74 Å². The lowest BCUT2D eigenvalue weighted by Crippen LogP contribution is -2.46. The van der Waals surface area contributed by atoms with Gasteiger partial charge in [-0.1, -0.05) is 11.3 Å². The molecular formula is C23H32N6O3. The quantitative estimate of drug-likeness (QED) is 0.772. The van der Waals surface area contributed by atoms with Gasteiger partial charge in [0.1, 0.15) is 0 Å². The van der Waals surface area contributed by atoms with Crippen LogP contribution in [0.2, 0.25) is 0 Å². The molecule has 3 amide bonds. The first kappa shape index (κ1) is 22.3. The molecule has 32 heavy (non-hydrogen) atoms. The Hall–Kier alpha value is -2.94. The average Bonchev–Trinajstić information content (AvgIpc) is 3.29. The van der Waals surface area contributed by atoms with Crippen LogP contribution in [0.4, 0.5) is 10.5 Å². The van der Waals surface area contributed by atoms with Crippen molar-refractivity contribution in [2.75, 3.05) is 38.2 Å². The number of urea groups is 1. The van der Waals surface area contributed by atoms with Crippen LogP contribution in [0.1, 0.15) is 47.3 Å². The summed E-state index contributed by atoms with van der Waals surface area (Å²) in [5.41, 5.74) is 3.55. The predicted octanol–water partition coefficient (Wildman–Crippen LogP) is 2.84. The van der Waals surface area contributed by atoms with E-state index in [-0.39, 0.29) is 18.0 Å². The molecule has 1 unspecified atom stereocenters. The number of piperidine rings is 1. The Kier molecular flexibility index (Phi) is 7.04. The standard InChI is InChI=1S/C23H32N6O3/c1-17-6-7-19(15-18(17)2)24-23(31)29-9-4-3-5-20(29)8-10-28-16-21(25-26-28)22(30)27-11-13-32-14-12-27/h6-7,15-16,20H,3-5,8-14H2,1-2H3,(H,24,31). The van der Waals surface area contributed by atoms with E-state index in [9.17, 15) is 9.59 Å². The second-order valence-corrected chi connectivity index (χ2v) is 8.63. The van der Waals surface area contributed by atoms with E-state index >= 15 is 0 Å². The highest BCUT2D eigenvalue weighted by Gasteiger charge is 2.27. The molecule has 2 fully saturated rings. The van der Waals surface area contributed by atoms with Crippen LogP contribution in [0.25, 0.3) is 0 Å². The maximum Gasteiger partial charge on any atom is 0.322 e. The van der Waals surface area contributed by atoms with Crippen molar-refractivity contribution in [2.24, 2.45) is 0 Å². The molecule has 0 aliphatic carbocycles. The maximum absolute atomic E-state index is 13.0. The van der Waals surface area contributed by atoms with E-state index in [0.29, 0.717) is 38.5 Å². The lowest BCUT2D eigenvalue weighted by Gasteiger charge is -2.35. The Bertz CT molecular complexity index is 953. The van der Waals surface area contributed by atoms with Crippen LogP contribution >= 0.6 is 0 Å². The third-order valence-electron chi connectivity index (χ3n) is 6.39. The smallest absolute Gasteiger partial charge is 0.322 e. The number of hydrogen-bond donors (Lipinski definition) is 1. The van der Waals surface area contributed by atoms with Crippen LogP contribution in [0.5, 0.6) is 0 Å². The molecule has 9 heteroatoms. The van der Waals surface area contributed by atoms with E-state index in [1.54, 1.807) is 15.8 Å². The largest absolute Gasteiger partial charge is 0.378 e. The van der Waals surface area contributed by atoms with E-state index in [0.717, 1.165) is 43.5 Å². The van der Waals surface area contributed by atoms with Gasteiger partial charge in [-0.25, -0.2) is 4.79 Å². The van der Waals surface area contributed by atoms with Crippen LogP contribution in [0, 0.1) is 13.8 Å². The maximum atomic E-state index is 13.0. The van der Waals surface area contributed by atoms with E-state index < -0.39 is 0 Å². The number of ether oxygens (including phenoxy) is 1. The van der Waals surface area contributed by atoms with E-state index in [2.05, 4.69) is 22.6 Å². The van der Waals surface area contributed by atoms with Gasteiger partial charge in [-0.2, -0.15) is 0 Å². The lowest BCUT2D eigenvalue weighted by atomic mass is 10.00. The van der Waals surface area contributed by atoms with Crippen molar-refractivity contribution in [2.45, 2.75) is 52.1 Å². The van der Waals surface area contributed by atoms with Crippen molar-refractivity contribution < 1.29 is 14.3 Å². The number of anilines is 1. The normalized spacial score (nSPS) is 19.1. The average molecular weight is 441 g/mol. The predicted molar refractivity (Wildman–Crippen MR) is 121 cm³/mol. The highest BCUT2D eigenvalue weighted by molar-refractivity contribution is 5.92. The van der Waals surface area contributed by atoms with E-state index in [1.165, 1.54) is 5.56 Å². The van der Waals surface area contributed by atoms with Crippen molar-refractivity contribution >= 4 is 17.6 Å². The van der Waals surface area contributed by atoms with Gasteiger partial charge in [-0.15, -0.1) is 5.10 Å². The molecular weight excluding hydrogens is 408 g/mol. The number of benzene rings is 1. The summed E-state index contributed by atoms with van der Waals surface area (Å²) in [6.45, 7) is 7.75. The summed E-state index contributed by atoms with van der Waals surface area (Å²) in [6, 6.07) is 6.06. The molecule has 2 aromatic rings. The van der Waals surface area contributed by atoms with Crippen molar-refractivity contribution in [3.8, 4) is 0 Å². The molecule has 172 valence electrons. The zero-order valence-corrected chi connectivity index (χ0v) is 18.9. The van der Waals surface area contributed by atoms with Crippen LogP contribution in [-0.4, -0.2) is 75.6 Å². The zero-order valence-electron chi connectivity index (χ0n) is 18.9. The molecule has 1 atom stereocenters. The summed E-state index contributed by atoms with van der Waals surface area (Å²) in [5, 5.41) is 11.3. The van der Waals surface area contributed by atoms with Gasteiger partial charge < -0.3 is 19.9 Å². The highest BCUT2D eigenvalue weighted by Crippen LogP contribution is 2.22.